The van der Waals surface area contributed by atoms with Crippen LogP contribution in [0.3, 0.4) is 0 Å². The van der Waals surface area contributed by atoms with Crippen molar-refractivity contribution in [2.75, 3.05) is 13.7 Å². The predicted octanol–water partition coefficient (Wildman–Crippen LogP) is 3.98. The van der Waals surface area contributed by atoms with Crippen LogP contribution in [0.4, 0.5) is 5.69 Å². The monoisotopic (exact) mass is 545 g/mol. The Hall–Kier alpha value is -4.77. The van der Waals surface area contributed by atoms with E-state index in [9.17, 15) is 19.7 Å². The third-order valence-corrected chi connectivity index (χ3v) is 7.17. The van der Waals surface area contributed by atoms with Crippen molar-refractivity contribution in [1.82, 2.24) is 4.57 Å². The molecule has 0 saturated carbocycles. The van der Waals surface area contributed by atoms with Crippen molar-refractivity contribution < 1.29 is 23.6 Å². The Labute approximate surface area is 225 Å². The number of esters is 1. The Bertz CT molecular complexity index is 1800. The lowest BCUT2D eigenvalue weighted by atomic mass is 9.96. The molecule has 5 rings (SSSR count). The number of nitro groups is 1. The average Bonchev–Trinajstić information content (AvgIpc) is 3.52. The number of carbonyl (C=O) groups excluding carboxylic acids is 1. The first-order valence-electron chi connectivity index (χ1n) is 12.0. The van der Waals surface area contributed by atoms with Gasteiger partial charge in [-0.05, 0) is 43.7 Å². The van der Waals surface area contributed by atoms with E-state index in [1.54, 1.807) is 75.6 Å². The lowest BCUT2D eigenvalue weighted by Gasteiger charge is -2.24. The first-order chi connectivity index (χ1) is 18.8. The number of fused-ring (bicyclic) bond motifs is 1. The quantitative estimate of drug-likeness (QED) is 0.195. The van der Waals surface area contributed by atoms with Crippen molar-refractivity contribution in [2.24, 2.45) is 4.99 Å². The van der Waals surface area contributed by atoms with E-state index in [0.717, 1.165) is 0 Å². The Kier molecular flexibility index (Phi) is 6.99. The molecular weight excluding hydrogens is 522 g/mol. The number of nitrogens with zero attached hydrogens (tertiary/aromatic N) is 3. The Morgan fingerprint density at radius 1 is 1.21 bits per heavy atom. The van der Waals surface area contributed by atoms with Gasteiger partial charge in [0.25, 0.3) is 11.2 Å². The van der Waals surface area contributed by atoms with Crippen LogP contribution in [0.2, 0.25) is 0 Å². The van der Waals surface area contributed by atoms with Gasteiger partial charge in [0.05, 0.1) is 40.5 Å². The second kappa shape index (κ2) is 10.5. The molecule has 0 aliphatic carbocycles. The van der Waals surface area contributed by atoms with Gasteiger partial charge in [-0.2, -0.15) is 0 Å². The number of carbonyl (C=O) groups is 1. The minimum Gasteiger partial charge on any atom is -0.497 e. The van der Waals surface area contributed by atoms with Crippen LogP contribution in [0.5, 0.6) is 5.75 Å². The number of rotatable bonds is 7. The van der Waals surface area contributed by atoms with Gasteiger partial charge in [0, 0.05) is 23.8 Å². The Morgan fingerprint density at radius 2 is 1.97 bits per heavy atom. The van der Waals surface area contributed by atoms with Gasteiger partial charge in [0.15, 0.2) is 4.80 Å². The second-order valence-electron chi connectivity index (χ2n) is 8.58. The molecule has 0 radical (unpaired) electrons. The summed E-state index contributed by atoms with van der Waals surface area (Å²) in [6.07, 6.45) is 1.60. The summed E-state index contributed by atoms with van der Waals surface area (Å²) >= 11 is 1.17. The maximum Gasteiger partial charge on any atom is 0.338 e. The van der Waals surface area contributed by atoms with Gasteiger partial charge < -0.3 is 13.9 Å². The highest BCUT2D eigenvalue weighted by molar-refractivity contribution is 7.07. The summed E-state index contributed by atoms with van der Waals surface area (Å²) in [6.45, 7) is 3.62. The molecular formula is C28H23N3O7S. The van der Waals surface area contributed by atoms with Gasteiger partial charge in [0.1, 0.15) is 17.3 Å². The van der Waals surface area contributed by atoms with Gasteiger partial charge in [0.2, 0.25) is 0 Å². The zero-order valence-electron chi connectivity index (χ0n) is 21.2. The molecule has 3 heterocycles. The predicted molar refractivity (Wildman–Crippen MR) is 144 cm³/mol. The summed E-state index contributed by atoms with van der Waals surface area (Å²) in [5, 5.41) is 11.1. The third-order valence-electron chi connectivity index (χ3n) is 6.19. The topological polar surface area (TPSA) is 126 Å². The number of allylic oxidation sites excluding steroid dienone is 1. The summed E-state index contributed by atoms with van der Waals surface area (Å²) in [4.78, 5) is 42.4. The van der Waals surface area contributed by atoms with Crippen molar-refractivity contribution >= 4 is 29.1 Å². The molecule has 1 unspecified atom stereocenters. The molecule has 198 valence electrons. The molecule has 0 N–H and O–H groups in total. The zero-order valence-corrected chi connectivity index (χ0v) is 22.1. The number of methoxy groups -OCH3 is 1. The van der Waals surface area contributed by atoms with Crippen molar-refractivity contribution in [2.45, 2.75) is 19.9 Å². The number of aromatic nitrogens is 1. The molecule has 4 aromatic rings. The maximum atomic E-state index is 13.7. The van der Waals surface area contributed by atoms with Gasteiger partial charge in [-0.15, -0.1) is 0 Å². The fourth-order valence-corrected chi connectivity index (χ4v) is 5.41. The van der Waals surface area contributed by atoms with E-state index in [4.69, 9.17) is 13.9 Å². The fraction of sp³-hybridized carbons (Fsp3) is 0.179. The van der Waals surface area contributed by atoms with Gasteiger partial charge in [-0.1, -0.05) is 35.6 Å². The summed E-state index contributed by atoms with van der Waals surface area (Å²) < 4.78 is 18.3. The summed E-state index contributed by atoms with van der Waals surface area (Å²) in [6, 6.07) is 15.9. The third kappa shape index (κ3) is 4.91. The van der Waals surface area contributed by atoms with E-state index in [0.29, 0.717) is 43.4 Å². The largest absolute Gasteiger partial charge is 0.497 e. The minimum atomic E-state index is -0.745. The minimum absolute atomic E-state index is 0.0509. The van der Waals surface area contributed by atoms with Crippen LogP contribution in [0.1, 0.15) is 31.2 Å². The zero-order chi connectivity index (χ0) is 27.7. The molecule has 0 spiro atoms. The van der Waals surface area contributed by atoms with Crippen molar-refractivity contribution in [3.8, 4) is 17.1 Å². The highest BCUT2D eigenvalue weighted by Crippen LogP contribution is 2.32. The van der Waals surface area contributed by atoms with Gasteiger partial charge in [-0.25, -0.2) is 9.79 Å². The number of furan rings is 1. The Balaban J connectivity index is 1.61. The molecule has 1 aliphatic rings. The molecule has 1 aliphatic heterocycles. The van der Waals surface area contributed by atoms with Gasteiger partial charge >= 0.3 is 5.97 Å². The summed E-state index contributed by atoms with van der Waals surface area (Å²) in [7, 11) is 1.56. The summed E-state index contributed by atoms with van der Waals surface area (Å²) in [5.41, 5.74) is 1.60. The molecule has 0 fully saturated rings. The number of benzene rings is 2. The second-order valence-corrected chi connectivity index (χ2v) is 9.59. The standard InChI is InChI=1S/C28H23N3O7S/c1-4-37-27(33)24-16(2)29-28-30(25(24)17-8-10-20(36-3)11-9-17)26(32)23(39-28)15-21-12-13-22(38-21)18-6-5-7-19(14-18)31(34)35/h5-15,25H,4H2,1-3H3/b23-15-. The van der Waals surface area contributed by atoms with E-state index >= 15 is 0 Å². The molecule has 11 heteroatoms. The van der Waals surface area contributed by atoms with Crippen molar-refractivity contribution in [1.29, 1.82) is 0 Å². The number of nitro benzene ring substituents is 1. The first-order valence-corrected chi connectivity index (χ1v) is 12.8. The van der Waals surface area contributed by atoms with Gasteiger partial charge in [-0.3, -0.25) is 19.5 Å². The van der Waals surface area contributed by atoms with Crippen LogP contribution in [0.25, 0.3) is 17.4 Å². The number of hydrogen-bond acceptors (Lipinski definition) is 9. The normalized spacial score (nSPS) is 15.1. The molecule has 0 amide bonds. The van der Waals surface area contributed by atoms with Crippen LogP contribution in [-0.2, 0) is 9.53 Å². The highest BCUT2D eigenvalue weighted by atomic mass is 32.1. The Morgan fingerprint density at radius 3 is 2.67 bits per heavy atom. The maximum absolute atomic E-state index is 13.7. The molecule has 2 aromatic carbocycles. The van der Waals surface area contributed by atoms with Crippen molar-refractivity contribution in [3.63, 3.8) is 0 Å². The van der Waals surface area contributed by atoms with Crippen LogP contribution in [-0.4, -0.2) is 29.2 Å². The first kappa shape index (κ1) is 25.9. The van der Waals surface area contributed by atoms with E-state index in [1.807, 2.05) is 0 Å². The molecule has 1 atom stereocenters. The van der Waals surface area contributed by atoms with Crippen LogP contribution in [0.15, 0.2) is 86.1 Å². The van der Waals surface area contributed by atoms with Crippen LogP contribution >= 0.6 is 11.3 Å². The fourth-order valence-electron chi connectivity index (χ4n) is 4.38. The van der Waals surface area contributed by atoms with E-state index < -0.39 is 16.9 Å². The SMILES string of the molecule is CCOC(=O)C1=C(C)N=c2s/c(=C\c3ccc(-c4cccc([N+](=O)[O-])c4)o3)c(=O)n2C1c1ccc(OC)cc1. The molecule has 10 nitrogen and oxygen atoms in total. The van der Waals surface area contributed by atoms with Crippen molar-refractivity contribution in [3.05, 3.63) is 113 Å². The molecule has 2 aromatic heterocycles. The number of non-ortho nitro benzene ring substituents is 1. The molecule has 39 heavy (non-hydrogen) atoms. The average molecular weight is 546 g/mol. The highest BCUT2D eigenvalue weighted by Gasteiger charge is 2.33. The van der Waals surface area contributed by atoms with E-state index in [-0.39, 0.29) is 23.4 Å². The number of hydrogen-bond donors (Lipinski definition) is 0. The van der Waals surface area contributed by atoms with E-state index in [1.165, 1.54) is 28.0 Å². The van der Waals surface area contributed by atoms with Crippen LogP contribution in [0, 0.1) is 10.1 Å². The molecule has 0 saturated heterocycles. The lowest BCUT2D eigenvalue weighted by molar-refractivity contribution is -0.384. The summed E-state index contributed by atoms with van der Waals surface area (Å²) in [5.74, 6) is 0.918. The number of thiazole rings is 1. The smallest absolute Gasteiger partial charge is 0.338 e. The van der Waals surface area contributed by atoms with E-state index in [2.05, 4.69) is 4.99 Å². The van der Waals surface area contributed by atoms with Crippen LogP contribution < -0.4 is 19.6 Å². The number of ether oxygens (including phenoxy) is 2. The molecule has 0 bridgehead atoms. The lowest BCUT2D eigenvalue weighted by Crippen LogP contribution is -2.39.